The molecule has 6 heteroatoms. The van der Waals surface area contributed by atoms with E-state index in [0.717, 1.165) is 16.6 Å². The van der Waals surface area contributed by atoms with Crippen LogP contribution in [0.25, 0.3) is 10.9 Å². The first kappa shape index (κ1) is 14.1. The fourth-order valence-corrected chi connectivity index (χ4v) is 2.15. The SMILES string of the molecule is COc1cc2ncnc(Nc3ccc([18F])cc3)c2cc1OC. The highest BCUT2D eigenvalue weighted by atomic mass is 18.2. The molecule has 3 rings (SSSR count). The van der Waals surface area contributed by atoms with Gasteiger partial charge in [0, 0.05) is 17.1 Å². The van der Waals surface area contributed by atoms with Gasteiger partial charge in [0.2, 0.25) is 0 Å². The van der Waals surface area contributed by atoms with Crippen LogP contribution in [0.1, 0.15) is 0 Å². The second kappa shape index (κ2) is 5.85. The highest BCUT2D eigenvalue weighted by Crippen LogP contribution is 2.34. The van der Waals surface area contributed by atoms with Gasteiger partial charge in [-0.25, -0.2) is 14.4 Å². The van der Waals surface area contributed by atoms with E-state index in [9.17, 15) is 4.39 Å². The van der Waals surface area contributed by atoms with E-state index in [1.54, 1.807) is 38.5 Å². The Bertz CT molecular complexity index is 806. The summed E-state index contributed by atoms with van der Waals surface area (Å²) in [6.45, 7) is 0. The van der Waals surface area contributed by atoms with Crippen molar-refractivity contribution in [3.05, 3.63) is 48.5 Å². The lowest BCUT2D eigenvalue weighted by Gasteiger charge is -2.12. The zero-order valence-corrected chi connectivity index (χ0v) is 12.1. The quantitative estimate of drug-likeness (QED) is 0.798. The molecule has 1 heterocycles. The van der Waals surface area contributed by atoms with E-state index in [1.807, 2.05) is 0 Å². The molecule has 1 aromatic heterocycles. The Kier molecular flexibility index (Phi) is 3.74. The van der Waals surface area contributed by atoms with Gasteiger partial charge in [0.25, 0.3) is 0 Å². The van der Waals surface area contributed by atoms with Gasteiger partial charge in [-0.15, -0.1) is 0 Å². The number of anilines is 2. The van der Waals surface area contributed by atoms with Crippen molar-refractivity contribution in [3.63, 3.8) is 0 Å². The average molecular weight is 298 g/mol. The van der Waals surface area contributed by atoms with Crippen molar-refractivity contribution in [3.8, 4) is 11.5 Å². The number of ether oxygens (including phenoxy) is 2. The third kappa shape index (κ3) is 2.63. The molecule has 0 saturated carbocycles. The van der Waals surface area contributed by atoms with E-state index in [0.29, 0.717) is 17.3 Å². The molecule has 0 spiro atoms. The van der Waals surface area contributed by atoms with Gasteiger partial charge >= 0.3 is 0 Å². The Morgan fingerprint density at radius 2 is 1.64 bits per heavy atom. The van der Waals surface area contributed by atoms with Crippen LogP contribution >= 0.6 is 0 Å². The lowest BCUT2D eigenvalue weighted by atomic mass is 10.2. The van der Waals surface area contributed by atoms with Gasteiger partial charge in [-0.05, 0) is 30.3 Å². The fraction of sp³-hybridized carbons (Fsp3) is 0.125. The smallest absolute Gasteiger partial charge is 0.162 e. The second-order valence-corrected chi connectivity index (χ2v) is 4.58. The molecule has 22 heavy (non-hydrogen) atoms. The van der Waals surface area contributed by atoms with Crippen molar-refractivity contribution in [1.82, 2.24) is 9.97 Å². The van der Waals surface area contributed by atoms with Crippen molar-refractivity contribution < 1.29 is 13.9 Å². The Hall–Kier alpha value is -2.89. The Morgan fingerprint density at radius 3 is 2.32 bits per heavy atom. The van der Waals surface area contributed by atoms with Crippen LogP contribution in [-0.4, -0.2) is 24.2 Å². The molecule has 0 fully saturated rings. The van der Waals surface area contributed by atoms with Gasteiger partial charge in [-0.2, -0.15) is 0 Å². The van der Waals surface area contributed by atoms with Crippen LogP contribution in [0.15, 0.2) is 42.7 Å². The monoisotopic (exact) mass is 298 g/mol. The van der Waals surface area contributed by atoms with Crippen molar-refractivity contribution in [2.45, 2.75) is 0 Å². The summed E-state index contributed by atoms with van der Waals surface area (Å²) in [6, 6.07) is 9.64. The van der Waals surface area contributed by atoms with Gasteiger partial charge in [-0.3, -0.25) is 0 Å². The molecule has 0 saturated heterocycles. The van der Waals surface area contributed by atoms with E-state index in [4.69, 9.17) is 9.47 Å². The molecule has 0 aliphatic carbocycles. The summed E-state index contributed by atoms with van der Waals surface area (Å²) in [6.07, 6.45) is 1.46. The van der Waals surface area contributed by atoms with Crippen LogP contribution in [-0.2, 0) is 0 Å². The molecule has 1 N–H and O–H groups in total. The molecule has 5 nitrogen and oxygen atoms in total. The van der Waals surface area contributed by atoms with Gasteiger partial charge in [0.05, 0.1) is 19.7 Å². The van der Waals surface area contributed by atoms with Crippen LogP contribution in [0.3, 0.4) is 0 Å². The number of fused-ring (bicyclic) bond motifs is 1. The van der Waals surface area contributed by atoms with Gasteiger partial charge in [0.1, 0.15) is 18.0 Å². The number of nitrogens with zero attached hydrogens (tertiary/aromatic N) is 2. The Morgan fingerprint density at radius 1 is 0.955 bits per heavy atom. The molecule has 0 aliphatic rings. The second-order valence-electron chi connectivity index (χ2n) is 4.58. The predicted molar refractivity (Wildman–Crippen MR) is 82.3 cm³/mol. The number of benzene rings is 2. The summed E-state index contributed by atoms with van der Waals surface area (Å²) in [4.78, 5) is 8.48. The van der Waals surface area contributed by atoms with Crippen LogP contribution in [0.4, 0.5) is 15.9 Å². The molecule has 0 atom stereocenters. The van der Waals surface area contributed by atoms with Crippen LogP contribution in [0.2, 0.25) is 0 Å². The van der Waals surface area contributed by atoms with Gasteiger partial charge in [0.15, 0.2) is 11.5 Å². The number of hydrogen-bond donors (Lipinski definition) is 1. The summed E-state index contributed by atoms with van der Waals surface area (Å²) in [7, 11) is 3.14. The number of hydrogen-bond acceptors (Lipinski definition) is 5. The van der Waals surface area contributed by atoms with Gasteiger partial charge < -0.3 is 14.8 Å². The minimum atomic E-state index is -0.287. The predicted octanol–water partition coefficient (Wildman–Crippen LogP) is 3.53. The topological polar surface area (TPSA) is 56.3 Å². The normalized spacial score (nSPS) is 10.5. The van der Waals surface area contributed by atoms with Gasteiger partial charge in [-0.1, -0.05) is 0 Å². The minimum absolute atomic E-state index is 0.287. The van der Waals surface area contributed by atoms with Crippen molar-refractivity contribution >= 4 is 22.4 Å². The number of methoxy groups -OCH3 is 2. The standard InChI is InChI=1S/C16H14FN3O2/c1-21-14-7-12-13(8-15(14)22-2)18-9-19-16(12)20-11-5-3-10(17)4-6-11/h3-9H,1-2H3,(H,18,19,20)/i17-1. The summed E-state index contributed by atoms with van der Waals surface area (Å²) >= 11 is 0. The number of nitrogens with one attached hydrogen (secondary N) is 1. The highest BCUT2D eigenvalue weighted by Gasteiger charge is 2.11. The first-order valence-electron chi connectivity index (χ1n) is 6.60. The summed E-state index contributed by atoms with van der Waals surface area (Å²) in [5.41, 5.74) is 1.45. The van der Waals surface area contributed by atoms with Crippen LogP contribution < -0.4 is 14.8 Å². The summed E-state index contributed by atoms with van der Waals surface area (Å²) in [5, 5.41) is 3.93. The minimum Gasteiger partial charge on any atom is -0.493 e. The molecule has 0 unspecified atom stereocenters. The third-order valence-corrected chi connectivity index (χ3v) is 3.25. The maximum atomic E-state index is 13.0. The molecular formula is C16H14FN3O2. The van der Waals surface area contributed by atoms with Crippen LogP contribution in [0.5, 0.6) is 11.5 Å². The molecule has 0 aliphatic heterocycles. The van der Waals surface area contributed by atoms with Crippen LogP contribution in [0, 0.1) is 5.82 Å². The maximum Gasteiger partial charge on any atom is 0.162 e. The van der Waals surface area contributed by atoms with Crippen molar-refractivity contribution in [2.75, 3.05) is 19.5 Å². The van der Waals surface area contributed by atoms with E-state index < -0.39 is 0 Å². The van der Waals surface area contributed by atoms with Crippen molar-refractivity contribution in [1.29, 1.82) is 0 Å². The van der Waals surface area contributed by atoms with E-state index in [1.165, 1.54) is 18.5 Å². The lowest BCUT2D eigenvalue weighted by molar-refractivity contribution is 0.356. The van der Waals surface area contributed by atoms with E-state index in [2.05, 4.69) is 15.3 Å². The molecule has 112 valence electrons. The number of aromatic nitrogens is 2. The Labute approximate surface area is 126 Å². The summed E-state index contributed by atoms with van der Waals surface area (Å²) < 4.78 is 23.6. The number of halogens is 1. The first-order chi connectivity index (χ1) is 10.7. The lowest BCUT2D eigenvalue weighted by Crippen LogP contribution is -1.98. The largest absolute Gasteiger partial charge is 0.493 e. The summed E-state index contributed by atoms with van der Waals surface area (Å²) in [5.74, 6) is 1.51. The van der Waals surface area contributed by atoms with Crippen molar-refractivity contribution in [2.24, 2.45) is 0 Å². The molecule has 3 aromatic rings. The maximum absolute atomic E-state index is 13.0. The molecule has 2 aromatic carbocycles. The highest BCUT2D eigenvalue weighted by molar-refractivity contribution is 5.93. The molecule has 0 bridgehead atoms. The zero-order chi connectivity index (χ0) is 15.5. The third-order valence-electron chi connectivity index (χ3n) is 3.25. The zero-order valence-electron chi connectivity index (χ0n) is 12.1. The fourth-order valence-electron chi connectivity index (χ4n) is 2.15. The van der Waals surface area contributed by atoms with E-state index >= 15 is 0 Å². The Balaban J connectivity index is 2.07. The number of rotatable bonds is 4. The molecular weight excluding hydrogens is 284 g/mol. The molecule has 0 amide bonds. The average Bonchev–Trinajstić information content (AvgIpc) is 2.56. The first-order valence-corrected chi connectivity index (χ1v) is 6.60. The molecule has 0 radical (unpaired) electrons. The van der Waals surface area contributed by atoms with E-state index in [-0.39, 0.29) is 5.82 Å².